The van der Waals surface area contributed by atoms with Gasteiger partial charge in [-0.3, -0.25) is 14.5 Å². The summed E-state index contributed by atoms with van der Waals surface area (Å²) in [6, 6.07) is 12.5. The van der Waals surface area contributed by atoms with Gasteiger partial charge in [0.05, 0.1) is 24.8 Å². The number of nitrogens with one attached hydrogen (secondary N) is 1. The number of benzene rings is 2. The Kier molecular flexibility index (Phi) is 6.80. The normalized spacial score (nSPS) is 14.1. The largest absolute Gasteiger partial charge is 0.491 e. The number of carbonyl (C=O) groups excluding carboxylic acids is 2. The molecule has 0 atom stereocenters. The number of amides is 2. The lowest BCUT2D eigenvalue weighted by molar-refractivity contribution is -0.137. The molecule has 2 aromatic rings. The number of anilines is 1. The van der Waals surface area contributed by atoms with Gasteiger partial charge in [0.1, 0.15) is 11.4 Å². The summed E-state index contributed by atoms with van der Waals surface area (Å²) in [5.41, 5.74) is 2.74. The zero-order chi connectivity index (χ0) is 21.8. The van der Waals surface area contributed by atoms with Crippen LogP contribution in [0.3, 0.4) is 0 Å². The van der Waals surface area contributed by atoms with E-state index in [2.05, 4.69) is 5.32 Å². The minimum atomic E-state index is -0.395. The Labute approximate surface area is 181 Å². The van der Waals surface area contributed by atoms with Gasteiger partial charge in [0.25, 0.3) is 11.8 Å². The van der Waals surface area contributed by atoms with Crippen LogP contribution in [0.4, 0.5) is 5.69 Å². The molecule has 2 amide bonds. The predicted molar refractivity (Wildman–Crippen MR) is 118 cm³/mol. The van der Waals surface area contributed by atoms with Gasteiger partial charge >= 0.3 is 0 Å². The molecule has 1 aliphatic rings. The number of ether oxygens (including phenoxy) is 2. The highest BCUT2D eigenvalue weighted by Gasteiger charge is 2.39. The van der Waals surface area contributed by atoms with Gasteiger partial charge < -0.3 is 14.8 Å². The molecule has 1 heterocycles. The van der Waals surface area contributed by atoms with Crippen molar-refractivity contribution in [2.45, 2.75) is 26.9 Å². The van der Waals surface area contributed by atoms with Crippen molar-refractivity contribution in [2.75, 3.05) is 25.6 Å². The maximum atomic E-state index is 13.1. The molecule has 0 aromatic heterocycles. The van der Waals surface area contributed by atoms with Crippen molar-refractivity contribution >= 4 is 34.7 Å². The predicted octanol–water partition coefficient (Wildman–Crippen LogP) is 4.27. The molecule has 30 heavy (non-hydrogen) atoms. The van der Waals surface area contributed by atoms with Crippen molar-refractivity contribution in [3.8, 4) is 5.75 Å². The first-order valence-electron chi connectivity index (χ1n) is 9.71. The molecule has 0 fully saturated rings. The van der Waals surface area contributed by atoms with Gasteiger partial charge in [0.2, 0.25) is 0 Å². The van der Waals surface area contributed by atoms with Gasteiger partial charge in [-0.25, -0.2) is 0 Å². The van der Waals surface area contributed by atoms with Crippen molar-refractivity contribution in [2.24, 2.45) is 0 Å². The fourth-order valence-electron chi connectivity index (χ4n) is 3.18. The van der Waals surface area contributed by atoms with E-state index in [-0.39, 0.29) is 30.9 Å². The Morgan fingerprint density at radius 3 is 2.40 bits per heavy atom. The third-order valence-electron chi connectivity index (χ3n) is 4.66. The average molecular weight is 429 g/mol. The van der Waals surface area contributed by atoms with Crippen LogP contribution in [0.2, 0.25) is 5.02 Å². The number of rotatable bonds is 8. The highest BCUT2D eigenvalue weighted by Crippen LogP contribution is 2.32. The maximum Gasteiger partial charge on any atom is 0.278 e. The fraction of sp³-hybridized carbons (Fsp3) is 0.304. The third kappa shape index (κ3) is 4.66. The zero-order valence-corrected chi connectivity index (χ0v) is 18.2. The summed E-state index contributed by atoms with van der Waals surface area (Å²) in [7, 11) is 1.53. The second kappa shape index (κ2) is 9.32. The first-order chi connectivity index (χ1) is 14.3. The van der Waals surface area contributed by atoms with Crippen LogP contribution in [0.25, 0.3) is 5.57 Å². The minimum Gasteiger partial charge on any atom is -0.491 e. The number of halogens is 1. The number of hydrogen-bond acceptors (Lipinski definition) is 5. The summed E-state index contributed by atoms with van der Waals surface area (Å²) in [5.74, 6) is -0.0618. The standard InChI is InChI=1S/C23H25ClN2O4/c1-14(2)30-18-9-6-16(7-10-18)20-21(23(28)26(22(20)27)11-12-29-4)25-19-13-17(24)8-5-15(19)3/h5-10,13-14,25H,11-12H2,1-4H3. The van der Waals surface area contributed by atoms with Gasteiger partial charge in [-0.1, -0.05) is 29.8 Å². The van der Waals surface area contributed by atoms with Crippen LogP contribution < -0.4 is 10.1 Å². The molecule has 0 aliphatic carbocycles. The average Bonchev–Trinajstić information content (AvgIpc) is 2.93. The lowest BCUT2D eigenvalue weighted by Gasteiger charge is -2.15. The summed E-state index contributed by atoms with van der Waals surface area (Å²) in [6.45, 7) is 6.22. The molecule has 1 aliphatic heterocycles. The van der Waals surface area contributed by atoms with Gasteiger partial charge in [0.15, 0.2) is 0 Å². The molecule has 0 bridgehead atoms. The zero-order valence-electron chi connectivity index (χ0n) is 17.5. The van der Waals surface area contributed by atoms with Crippen LogP contribution in [-0.2, 0) is 14.3 Å². The van der Waals surface area contributed by atoms with E-state index in [0.717, 1.165) is 5.56 Å². The molecule has 0 radical (unpaired) electrons. The summed E-state index contributed by atoms with van der Waals surface area (Å²) < 4.78 is 10.7. The third-order valence-corrected chi connectivity index (χ3v) is 4.90. The van der Waals surface area contributed by atoms with E-state index < -0.39 is 5.91 Å². The molecule has 3 rings (SSSR count). The van der Waals surface area contributed by atoms with Crippen LogP contribution in [0.1, 0.15) is 25.0 Å². The highest BCUT2D eigenvalue weighted by atomic mass is 35.5. The van der Waals surface area contributed by atoms with Gasteiger partial charge in [0, 0.05) is 17.8 Å². The topological polar surface area (TPSA) is 67.9 Å². The molecule has 7 heteroatoms. The smallest absolute Gasteiger partial charge is 0.278 e. The first-order valence-corrected chi connectivity index (χ1v) is 10.1. The Morgan fingerprint density at radius 2 is 1.77 bits per heavy atom. The van der Waals surface area contributed by atoms with E-state index in [4.69, 9.17) is 21.1 Å². The summed E-state index contributed by atoms with van der Waals surface area (Å²) >= 11 is 6.13. The Hall–Kier alpha value is -2.83. The lowest BCUT2D eigenvalue weighted by Crippen LogP contribution is -2.35. The number of nitrogens with zero attached hydrogens (tertiary/aromatic N) is 1. The molecule has 0 unspecified atom stereocenters. The SMILES string of the molecule is COCCN1C(=O)C(Nc2cc(Cl)ccc2C)=C(c2ccc(OC(C)C)cc2)C1=O. The second-order valence-electron chi connectivity index (χ2n) is 7.28. The van der Waals surface area contributed by atoms with Gasteiger partial charge in [-0.05, 0) is 56.2 Å². The molecule has 0 spiro atoms. The molecule has 2 aromatic carbocycles. The van der Waals surface area contributed by atoms with Crippen LogP contribution in [-0.4, -0.2) is 43.1 Å². The van der Waals surface area contributed by atoms with Crippen molar-refractivity contribution in [3.05, 3.63) is 64.3 Å². The maximum absolute atomic E-state index is 13.1. The van der Waals surface area contributed by atoms with E-state index in [1.165, 1.54) is 12.0 Å². The molecule has 0 saturated carbocycles. The lowest BCUT2D eigenvalue weighted by atomic mass is 10.0. The van der Waals surface area contributed by atoms with Gasteiger partial charge in [-0.2, -0.15) is 0 Å². The van der Waals surface area contributed by atoms with E-state index in [0.29, 0.717) is 27.6 Å². The highest BCUT2D eigenvalue weighted by molar-refractivity contribution is 6.36. The fourth-order valence-corrected chi connectivity index (χ4v) is 3.35. The second-order valence-corrected chi connectivity index (χ2v) is 7.72. The molecule has 6 nitrogen and oxygen atoms in total. The van der Waals surface area contributed by atoms with E-state index in [1.807, 2.05) is 26.8 Å². The number of imide groups is 1. The monoisotopic (exact) mass is 428 g/mol. The van der Waals surface area contributed by atoms with E-state index in [1.54, 1.807) is 36.4 Å². The number of carbonyl (C=O) groups is 2. The number of methoxy groups -OCH3 is 1. The van der Waals surface area contributed by atoms with Crippen molar-refractivity contribution in [3.63, 3.8) is 0 Å². The molecule has 1 N–H and O–H groups in total. The minimum absolute atomic E-state index is 0.0392. The Bertz CT molecular complexity index is 983. The number of hydrogen-bond donors (Lipinski definition) is 1. The quantitative estimate of drug-likeness (QED) is 0.636. The molecule has 158 valence electrons. The Balaban J connectivity index is 2.03. The van der Waals surface area contributed by atoms with E-state index in [9.17, 15) is 9.59 Å². The first kappa shape index (κ1) is 21.9. The van der Waals surface area contributed by atoms with Crippen molar-refractivity contribution < 1.29 is 19.1 Å². The van der Waals surface area contributed by atoms with Crippen molar-refractivity contribution in [1.82, 2.24) is 4.90 Å². The molecular weight excluding hydrogens is 404 g/mol. The summed E-state index contributed by atoms with van der Waals surface area (Å²) in [4.78, 5) is 27.4. The van der Waals surface area contributed by atoms with Crippen molar-refractivity contribution in [1.29, 1.82) is 0 Å². The summed E-state index contributed by atoms with van der Waals surface area (Å²) in [6.07, 6.45) is 0.0392. The number of aryl methyl sites for hydroxylation is 1. The van der Waals surface area contributed by atoms with Crippen LogP contribution in [0, 0.1) is 6.92 Å². The Morgan fingerprint density at radius 1 is 1.07 bits per heavy atom. The molecule has 0 saturated heterocycles. The molecular formula is C23H25ClN2O4. The van der Waals surface area contributed by atoms with Gasteiger partial charge in [-0.15, -0.1) is 0 Å². The van der Waals surface area contributed by atoms with Crippen LogP contribution in [0.5, 0.6) is 5.75 Å². The van der Waals surface area contributed by atoms with Crippen LogP contribution in [0.15, 0.2) is 48.2 Å². The van der Waals surface area contributed by atoms with E-state index >= 15 is 0 Å². The van der Waals surface area contributed by atoms with Crippen LogP contribution >= 0.6 is 11.6 Å². The summed E-state index contributed by atoms with van der Waals surface area (Å²) in [5, 5.41) is 3.68.